The van der Waals surface area contributed by atoms with E-state index in [0.29, 0.717) is 18.2 Å². The Hall–Kier alpha value is -0.290. The van der Waals surface area contributed by atoms with Gasteiger partial charge < -0.3 is 15.2 Å². The molecule has 0 aliphatic heterocycles. The number of anilines is 1. The fourth-order valence-electron chi connectivity index (χ4n) is 1.72. The summed E-state index contributed by atoms with van der Waals surface area (Å²) in [6.07, 6.45) is 2.03. The highest BCUT2D eigenvalue weighted by atomic mass is 79.9. The first-order valence-electron chi connectivity index (χ1n) is 6.51. The molecular formula is C14H19BrClNO2. The van der Waals surface area contributed by atoms with Crippen molar-refractivity contribution >= 4 is 33.2 Å². The summed E-state index contributed by atoms with van der Waals surface area (Å²) < 4.78 is 6.40. The lowest BCUT2D eigenvalue weighted by Gasteiger charge is -2.15. The molecule has 0 amide bonds. The minimum atomic E-state index is -0.509. The van der Waals surface area contributed by atoms with Crippen LogP contribution < -0.4 is 5.32 Å². The van der Waals surface area contributed by atoms with E-state index in [1.807, 2.05) is 19.1 Å². The van der Waals surface area contributed by atoms with E-state index in [1.165, 1.54) is 12.8 Å². The maximum atomic E-state index is 9.82. The van der Waals surface area contributed by atoms with Gasteiger partial charge in [-0.05, 0) is 59.3 Å². The molecule has 0 bridgehead atoms. The van der Waals surface area contributed by atoms with E-state index in [2.05, 4.69) is 21.2 Å². The molecule has 1 aliphatic rings. The van der Waals surface area contributed by atoms with Crippen molar-refractivity contribution in [3.8, 4) is 0 Å². The zero-order valence-electron chi connectivity index (χ0n) is 11.0. The van der Waals surface area contributed by atoms with E-state index in [-0.39, 0.29) is 0 Å². The van der Waals surface area contributed by atoms with Crippen molar-refractivity contribution in [1.29, 1.82) is 0 Å². The maximum Gasteiger partial charge on any atom is 0.0945 e. The predicted octanol–water partition coefficient (Wildman–Crippen LogP) is 3.61. The molecule has 2 N–H and O–H groups in total. The van der Waals surface area contributed by atoms with Crippen molar-refractivity contribution in [1.82, 2.24) is 0 Å². The first-order valence-corrected chi connectivity index (χ1v) is 7.68. The van der Waals surface area contributed by atoms with Crippen molar-refractivity contribution in [3.63, 3.8) is 0 Å². The molecule has 3 nitrogen and oxygen atoms in total. The average molecular weight is 349 g/mol. The second-order valence-corrected chi connectivity index (χ2v) is 6.36. The number of ether oxygens (including phenoxy) is 1. The molecule has 19 heavy (non-hydrogen) atoms. The fraction of sp³-hybridized carbons (Fsp3) is 0.571. The average Bonchev–Trinajstić information content (AvgIpc) is 3.16. The van der Waals surface area contributed by atoms with Gasteiger partial charge in [-0.3, -0.25) is 0 Å². The van der Waals surface area contributed by atoms with E-state index in [1.54, 1.807) is 0 Å². The van der Waals surface area contributed by atoms with Gasteiger partial charge in [-0.25, -0.2) is 0 Å². The van der Waals surface area contributed by atoms with Gasteiger partial charge >= 0.3 is 0 Å². The van der Waals surface area contributed by atoms with E-state index in [0.717, 1.165) is 28.2 Å². The van der Waals surface area contributed by atoms with Crippen molar-refractivity contribution in [2.75, 3.05) is 25.1 Å². The predicted molar refractivity (Wildman–Crippen MR) is 81.9 cm³/mol. The number of aliphatic hydroxyl groups excluding tert-OH is 1. The van der Waals surface area contributed by atoms with E-state index < -0.39 is 6.10 Å². The van der Waals surface area contributed by atoms with E-state index in [4.69, 9.17) is 16.3 Å². The minimum absolute atomic E-state index is 0.376. The zero-order chi connectivity index (χ0) is 13.8. The van der Waals surface area contributed by atoms with Gasteiger partial charge in [0.15, 0.2) is 0 Å². The molecule has 1 aromatic carbocycles. The number of hydrogen-bond donors (Lipinski definition) is 2. The monoisotopic (exact) mass is 347 g/mol. The van der Waals surface area contributed by atoms with Gasteiger partial charge in [0.1, 0.15) is 0 Å². The number of benzene rings is 1. The molecule has 0 radical (unpaired) electrons. The summed E-state index contributed by atoms with van der Waals surface area (Å²) >= 11 is 9.56. The van der Waals surface area contributed by atoms with Gasteiger partial charge in [0, 0.05) is 22.6 Å². The SMILES string of the molecule is Cc1cc(Br)c(NCC(O)COCC2CC2)cc1Cl. The molecule has 1 unspecified atom stereocenters. The first kappa shape index (κ1) is 15.1. The van der Waals surface area contributed by atoms with Crippen LogP contribution in [0.25, 0.3) is 0 Å². The quantitative estimate of drug-likeness (QED) is 0.791. The number of hydrogen-bond acceptors (Lipinski definition) is 3. The lowest BCUT2D eigenvalue weighted by atomic mass is 10.2. The number of aryl methyl sites for hydroxylation is 1. The summed E-state index contributed by atoms with van der Waals surface area (Å²) in [4.78, 5) is 0. The van der Waals surface area contributed by atoms with Crippen molar-refractivity contribution in [2.24, 2.45) is 5.92 Å². The normalized spacial score (nSPS) is 16.4. The number of rotatable bonds is 7. The van der Waals surface area contributed by atoms with Crippen LogP contribution in [-0.2, 0) is 4.74 Å². The van der Waals surface area contributed by atoms with Gasteiger partial charge in [-0.2, -0.15) is 0 Å². The molecule has 1 atom stereocenters. The molecule has 1 fully saturated rings. The Morgan fingerprint density at radius 1 is 1.53 bits per heavy atom. The number of halogens is 2. The number of nitrogens with one attached hydrogen (secondary N) is 1. The summed E-state index contributed by atoms with van der Waals surface area (Å²) in [5, 5.41) is 13.7. The molecule has 1 aromatic rings. The molecule has 0 heterocycles. The van der Waals surface area contributed by atoms with Crippen LogP contribution in [0.1, 0.15) is 18.4 Å². The highest BCUT2D eigenvalue weighted by Gasteiger charge is 2.21. The lowest BCUT2D eigenvalue weighted by molar-refractivity contribution is 0.0386. The molecular weight excluding hydrogens is 330 g/mol. The Kier molecular flexibility index (Phi) is 5.51. The lowest BCUT2D eigenvalue weighted by Crippen LogP contribution is -2.25. The summed E-state index contributed by atoms with van der Waals surface area (Å²) in [5.41, 5.74) is 1.91. The summed E-state index contributed by atoms with van der Waals surface area (Å²) in [5.74, 6) is 0.727. The van der Waals surface area contributed by atoms with Gasteiger partial charge in [0.2, 0.25) is 0 Å². The molecule has 1 saturated carbocycles. The van der Waals surface area contributed by atoms with Gasteiger partial charge in [-0.15, -0.1) is 0 Å². The highest BCUT2D eigenvalue weighted by molar-refractivity contribution is 9.10. The van der Waals surface area contributed by atoms with Crippen LogP contribution in [0.4, 0.5) is 5.69 Å². The van der Waals surface area contributed by atoms with E-state index >= 15 is 0 Å². The molecule has 2 rings (SSSR count). The largest absolute Gasteiger partial charge is 0.389 e. The molecule has 0 spiro atoms. The summed E-state index contributed by atoms with van der Waals surface area (Å²) in [6, 6.07) is 3.82. The fourth-order valence-corrected chi connectivity index (χ4v) is 2.49. The zero-order valence-corrected chi connectivity index (χ0v) is 13.3. The maximum absolute atomic E-state index is 9.82. The highest BCUT2D eigenvalue weighted by Crippen LogP contribution is 2.29. The van der Waals surface area contributed by atoms with Crippen LogP contribution in [0.15, 0.2) is 16.6 Å². The topological polar surface area (TPSA) is 41.5 Å². The number of aliphatic hydroxyl groups is 1. The Morgan fingerprint density at radius 3 is 2.95 bits per heavy atom. The van der Waals surface area contributed by atoms with Crippen LogP contribution in [0.3, 0.4) is 0 Å². The molecule has 1 aliphatic carbocycles. The van der Waals surface area contributed by atoms with Gasteiger partial charge in [0.25, 0.3) is 0 Å². The minimum Gasteiger partial charge on any atom is -0.389 e. The first-order chi connectivity index (χ1) is 9.06. The van der Waals surface area contributed by atoms with Crippen molar-refractivity contribution < 1.29 is 9.84 Å². The Labute approximate surface area is 127 Å². The van der Waals surface area contributed by atoms with E-state index in [9.17, 15) is 5.11 Å². The van der Waals surface area contributed by atoms with Crippen molar-refractivity contribution in [2.45, 2.75) is 25.9 Å². The molecule has 106 valence electrons. The Balaban J connectivity index is 1.75. The second-order valence-electron chi connectivity index (χ2n) is 5.10. The third kappa shape index (κ3) is 4.95. The summed E-state index contributed by atoms with van der Waals surface area (Å²) in [6.45, 7) is 3.55. The Bertz CT molecular complexity index is 438. The smallest absolute Gasteiger partial charge is 0.0945 e. The van der Waals surface area contributed by atoms with Crippen LogP contribution in [0.5, 0.6) is 0 Å². The Morgan fingerprint density at radius 2 is 2.26 bits per heavy atom. The second kappa shape index (κ2) is 6.93. The summed E-state index contributed by atoms with van der Waals surface area (Å²) in [7, 11) is 0. The van der Waals surface area contributed by atoms with Crippen LogP contribution in [0.2, 0.25) is 5.02 Å². The van der Waals surface area contributed by atoms with Crippen LogP contribution in [-0.4, -0.2) is 31.0 Å². The van der Waals surface area contributed by atoms with Gasteiger partial charge in [0.05, 0.1) is 18.4 Å². The molecule has 0 aromatic heterocycles. The third-order valence-electron chi connectivity index (χ3n) is 3.14. The molecule has 5 heteroatoms. The molecule has 0 saturated heterocycles. The van der Waals surface area contributed by atoms with Gasteiger partial charge in [-0.1, -0.05) is 11.6 Å². The van der Waals surface area contributed by atoms with Crippen LogP contribution >= 0.6 is 27.5 Å². The standard InChI is InChI=1S/C14H19BrClNO2/c1-9-4-12(15)14(5-13(9)16)17-6-11(18)8-19-7-10-2-3-10/h4-5,10-11,17-18H,2-3,6-8H2,1H3. The third-order valence-corrected chi connectivity index (χ3v) is 4.20. The van der Waals surface area contributed by atoms with Crippen LogP contribution in [0, 0.1) is 12.8 Å². The van der Waals surface area contributed by atoms with Crippen molar-refractivity contribution in [3.05, 3.63) is 27.2 Å².